The van der Waals surface area contributed by atoms with Gasteiger partial charge in [-0.05, 0) is 81.5 Å². The molecule has 0 radical (unpaired) electrons. The lowest BCUT2D eigenvalue weighted by Crippen LogP contribution is -2.42. The van der Waals surface area contributed by atoms with E-state index >= 15 is 4.39 Å². The molecule has 1 heterocycles. The molecule has 0 aliphatic carbocycles. The van der Waals surface area contributed by atoms with Gasteiger partial charge >= 0.3 is 12.1 Å². The van der Waals surface area contributed by atoms with Crippen LogP contribution in [0.5, 0.6) is 0 Å². The van der Waals surface area contributed by atoms with Crippen molar-refractivity contribution in [1.29, 1.82) is 0 Å². The van der Waals surface area contributed by atoms with Crippen molar-refractivity contribution >= 4 is 29.4 Å². The Morgan fingerprint density at radius 2 is 1.76 bits per heavy atom. The van der Waals surface area contributed by atoms with Gasteiger partial charge in [-0.3, -0.25) is 4.79 Å². The summed E-state index contributed by atoms with van der Waals surface area (Å²) in [7, 11) is 0. The van der Waals surface area contributed by atoms with Crippen LogP contribution in [0.1, 0.15) is 72.9 Å². The summed E-state index contributed by atoms with van der Waals surface area (Å²) in [5, 5.41) is 21.0. The SMILES string of the molecule is [2H]C(O)(c1cc(F)c(C(=O)c2ccc(Cl)cc2)c(C(=O)O)c1)C1CCN(C(=O)OC(C)(C)C)CC1. The first-order chi connectivity index (χ1) is 16.2. The highest BCUT2D eigenvalue weighted by molar-refractivity contribution is 6.30. The predicted octanol–water partition coefficient (Wildman–Crippen LogP) is 5.09. The molecule has 1 aliphatic rings. The second-order valence-corrected chi connectivity index (χ2v) is 9.59. The molecule has 2 aromatic rings. The minimum atomic E-state index is -2.34. The van der Waals surface area contributed by atoms with E-state index in [-0.39, 0.29) is 37.1 Å². The number of amides is 1. The molecule has 1 amide bonds. The second kappa shape index (κ2) is 10.1. The van der Waals surface area contributed by atoms with Gasteiger partial charge in [-0.2, -0.15) is 0 Å². The average molecular weight is 493 g/mol. The lowest BCUT2D eigenvalue weighted by atomic mass is 9.85. The third kappa shape index (κ3) is 5.93. The molecule has 0 aromatic heterocycles. The number of carboxylic acids is 1. The van der Waals surface area contributed by atoms with Crippen molar-refractivity contribution in [1.82, 2.24) is 4.90 Å². The van der Waals surface area contributed by atoms with E-state index in [1.807, 2.05) is 0 Å². The zero-order valence-corrected chi connectivity index (χ0v) is 19.9. The minimum Gasteiger partial charge on any atom is -0.478 e. The molecular weight excluding hydrogens is 465 g/mol. The maximum atomic E-state index is 15.1. The quantitative estimate of drug-likeness (QED) is 0.563. The van der Waals surface area contributed by atoms with E-state index in [9.17, 15) is 24.6 Å². The average Bonchev–Trinajstić information content (AvgIpc) is 2.77. The molecule has 3 rings (SSSR count). The third-order valence-corrected chi connectivity index (χ3v) is 5.74. The summed E-state index contributed by atoms with van der Waals surface area (Å²) in [6.07, 6.45) is -2.41. The zero-order valence-electron chi connectivity index (χ0n) is 20.1. The first kappa shape index (κ1) is 24.2. The van der Waals surface area contributed by atoms with Gasteiger partial charge in [-0.25, -0.2) is 14.0 Å². The van der Waals surface area contributed by atoms with Crippen LogP contribution in [0, 0.1) is 11.7 Å². The van der Waals surface area contributed by atoms with Crippen LogP contribution < -0.4 is 0 Å². The molecule has 1 fully saturated rings. The lowest BCUT2D eigenvalue weighted by molar-refractivity contribution is 0.00759. The highest BCUT2D eigenvalue weighted by atomic mass is 35.5. The van der Waals surface area contributed by atoms with Crippen molar-refractivity contribution in [2.24, 2.45) is 5.92 Å². The van der Waals surface area contributed by atoms with Gasteiger partial charge in [-0.15, -0.1) is 0 Å². The second-order valence-electron chi connectivity index (χ2n) is 9.15. The molecule has 0 spiro atoms. The molecule has 2 aromatic carbocycles. The van der Waals surface area contributed by atoms with Crippen molar-refractivity contribution < 1.29 is 35.1 Å². The number of carbonyl (C=O) groups excluding carboxylic acids is 2. The van der Waals surface area contributed by atoms with Gasteiger partial charge in [0.15, 0.2) is 5.78 Å². The number of hydrogen-bond acceptors (Lipinski definition) is 5. The summed E-state index contributed by atoms with van der Waals surface area (Å²) in [4.78, 5) is 38.5. The van der Waals surface area contributed by atoms with Gasteiger partial charge in [0.05, 0.1) is 18.6 Å². The molecule has 9 heteroatoms. The lowest BCUT2D eigenvalue weighted by Gasteiger charge is -2.35. The Hall–Kier alpha value is -2.97. The molecule has 0 bridgehead atoms. The number of halogens is 2. The Morgan fingerprint density at radius 1 is 1.18 bits per heavy atom. The molecule has 1 atom stereocenters. The Morgan fingerprint density at radius 3 is 2.29 bits per heavy atom. The summed E-state index contributed by atoms with van der Waals surface area (Å²) in [6.45, 7) is 5.66. The van der Waals surface area contributed by atoms with E-state index in [0.717, 1.165) is 12.1 Å². The van der Waals surface area contributed by atoms with Crippen molar-refractivity contribution in [2.45, 2.75) is 45.3 Å². The number of carbonyl (C=O) groups is 3. The van der Waals surface area contributed by atoms with Crippen molar-refractivity contribution in [2.75, 3.05) is 13.1 Å². The molecule has 34 heavy (non-hydrogen) atoms. The van der Waals surface area contributed by atoms with Crippen LogP contribution in [-0.2, 0) is 4.74 Å². The highest BCUT2D eigenvalue weighted by Gasteiger charge is 2.32. The molecule has 0 saturated carbocycles. The summed E-state index contributed by atoms with van der Waals surface area (Å²) >= 11 is 5.82. The van der Waals surface area contributed by atoms with Crippen LogP contribution in [0.2, 0.25) is 5.02 Å². The molecule has 1 saturated heterocycles. The number of hydrogen-bond donors (Lipinski definition) is 2. The Labute approximate surface area is 203 Å². The van der Waals surface area contributed by atoms with Crippen molar-refractivity contribution in [3.8, 4) is 0 Å². The van der Waals surface area contributed by atoms with E-state index in [1.165, 1.54) is 29.2 Å². The first-order valence-corrected chi connectivity index (χ1v) is 11.2. The summed E-state index contributed by atoms with van der Waals surface area (Å²) in [6, 6.07) is 7.33. The fraction of sp³-hybridized carbons (Fsp3) is 0.400. The minimum absolute atomic E-state index is 0.0409. The number of benzene rings is 2. The smallest absolute Gasteiger partial charge is 0.410 e. The van der Waals surface area contributed by atoms with Crippen LogP contribution in [0.3, 0.4) is 0 Å². The van der Waals surface area contributed by atoms with Crippen LogP contribution >= 0.6 is 11.6 Å². The number of likely N-dealkylation sites (tertiary alicyclic amines) is 1. The number of aromatic carboxylic acids is 1. The molecule has 2 N–H and O–H groups in total. The Bertz CT molecular complexity index is 1140. The fourth-order valence-corrected chi connectivity index (χ4v) is 3.92. The number of ether oxygens (including phenoxy) is 1. The number of carboxylic acid groups (broad SMARTS) is 1. The Balaban J connectivity index is 1.87. The van der Waals surface area contributed by atoms with Crippen LogP contribution in [0.4, 0.5) is 9.18 Å². The van der Waals surface area contributed by atoms with Gasteiger partial charge in [0.25, 0.3) is 0 Å². The van der Waals surface area contributed by atoms with Crippen LogP contribution in [0.25, 0.3) is 0 Å². The summed E-state index contributed by atoms with van der Waals surface area (Å²) in [5.41, 5.74) is -2.23. The maximum absolute atomic E-state index is 15.1. The zero-order chi connectivity index (χ0) is 26.1. The standard InChI is InChI=1S/C25H27ClFNO6/c1-25(2,3)34-24(33)28-10-8-15(9-11-28)21(29)16-12-18(23(31)32)20(19(27)13-16)22(30)14-4-6-17(26)7-5-14/h4-7,12-13,15,21,29H,8-11H2,1-3H3,(H,31,32)/i21D. The van der Waals surface area contributed by atoms with Crippen LogP contribution in [-0.4, -0.2) is 51.6 Å². The normalized spacial score (nSPS) is 17.0. The molecule has 7 nitrogen and oxygen atoms in total. The van der Waals surface area contributed by atoms with E-state index in [1.54, 1.807) is 20.8 Å². The molecule has 182 valence electrons. The van der Waals surface area contributed by atoms with Gasteiger partial charge in [0.1, 0.15) is 11.4 Å². The highest BCUT2D eigenvalue weighted by Crippen LogP contribution is 2.33. The van der Waals surface area contributed by atoms with E-state index in [0.29, 0.717) is 5.02 Å². The number of nitrogens with zero attached hydrogens (tertiary/aromatic N) is 1. The number of aliphatic hydroxyl groups is 1. The van der Waals surface area contributed by atoms with E-state index in [2.05, 4.69) is 0 Å². The third-order valence-electron chi connectivity index (χ3n) is 5.48. The predicted molar refractivity (Wildman–Crippen MR) is 124 cm³/mol. The van der Waals surface area contributed by atoms with Gasteiger partial charge in [-0.1, -0.05) is 11.6 Å². The number of ketones is 1. The fourth-order valence-electron chi connectivity index (χ4n) is 3.80. The monoisotopic (exact) mass is 492 g/mol. The Kier molecular flexibility index (Phi) is 7.19. The van der Waals surface area contributed by atoms with Gasteiger partial charge in [0, 0.05) is 23.7 Å². The van der Waals surface area contributed by atoms with Gasteiger partial charge in [0.2, 0.25) is 0 Å². The summed E-state index contributed by atoms with van der Waals surface area (Å²) in [5.74, 6) is -4.29. The van der Waals surface area contributed by atoms with Gasteiger partial charge < -0.3 is 19.8 Å². The molecule has 1 aliphatic heterocycles. The topological polar surface area (TPSA) is 104 Å². The van der Waals surface area contributed by atoms with E-state index in [4.69, 9.17) is 17.7 Å². The number of piperidine rings is 1. The maximum Gasteiger partial charge on any atom is 0.410 e. The summed E-state index contributed by atoms with van der Waals surface area (Å²) < 4.78 is 29.0. The van der Waals surface area contributed by atoms with Crippen molar-refractivity contribution in [3.63, 3.8) is 0 Å². The number of rotatable bonds is 5. The van der Waals surface area contributed by atoms with Crippen molar-refractivity contribution in [3.05, 3.63) is 69.5 Å². The molecular formula is C25H27ClFNO6. The largest absolute Gasteiger partial charge is 0.478 e. The van der Waals surface area contributed by atoms with E-state index < -0.39 is 52.4 Å². The van der Waals surface area contributed by atoms with Crippen LogP contribution in [0.15, 0.2) is 36.4 Å². The first-order valence-electron chi connectivity index (χ1n) is 11.3. The molecule has 1 unspecified atom stereocenters.